The number of rotatable bonds is 3. The summed E-state index contributed by atoms with van der Waals surface area (Å²) in [5.74, 6) is 0.323. The standard InChI is InChI=1S/C14H15FO2/c1-9-5-6-17-14(9)13(16)8-11-3-4-12(15)7-10(11)2/h3-7,13,16H,8H2,1-2H3. The van der Waals surface area contributed by atoms with E-state index in [9.17, 15) is 9.50 Å². The minimum Gasteiger partial charge on any atom is -0.466 e. The van der Waals surface area contributed by atoms with E-state index in [1.807, 2.05) is 19.9 Å². The molecular weight excluding hydrogens is 219 g/mol. The fraction of sp³-hybridized carbons (Fsp3) is 0.286. The van der Waals surface area contributed by atoms with Crippen molar-refractivity contribution in [2.45, 2.75) is 26.4 Å². The van der Waals surface area contributed by atoms with Crippen LogP contribution in [0.1, 0.15) is 28.6 Å². The van der Waals surface area contributed by atoms with Gasteiger partial charge in [-0.2, -0.15) is 0 Å². The highest BCUT2D eigenvalue weighted by Gasteiger charge is 2.15. The Bertz CT molecular complexity index is 517. The van der Waals surface area contributed by atoms with Crippen LogP contribution in [0, 0.1) is 19.7 Å². The van der Waals surface area contributed by atoms with Crippen molar-refractivity contribution in [3.8, 4) is 0 Å². The molecule has 0 saturated heterocycles. The maximum Gasteiger partial charge on any atom is 0.135 e. The normalized spacial score (nSPS) is 12.7. The average Bonchev–Trinajstić information content (AvgIpc) is 2.68. The lowest BCUT2D eigenvalue weighted by Crippen LogP contribution is -2.03. The molecule has 0 radical (unpaired) electrons. The molecule has 0 fully saturated rings. The molecule has 90 valence electrons. The Labute approximate surface area is 99.7 Å². The van der Waals surface area contributed by atoms with Crippen molar-refractivity contribution in [1.29, 1.82) is 0 Å². The van der Waals surface area contributed by atoms with Crippen LogP contribution in [-0.4, -0.2) is 5.11 Å². The number of aryl methyl sites for hydroxylation is 2. The Kier molecular flexibility index (Phi) is 3.29. The average molecular weight is 234 g/mol. The van der Waals surface area contributed by atoms with E-state index in [0.29, 0.717) is 12.2 Å². The smallest absolute Gasteiger partial charge is 0.135 e. The van der Waals surface area contributed by atoms with E-state index in [1.54, 1.807) is 12.3 Å². The zero-order valence-electron chi connectivity index (χ0n) is 9.90. The van der Waals surface area contributed by atoms with Crippen molar-refractivity contribution < 1.29 is 13.9 Å². The molecule has 0 aliphatic rings. The van der Waals surface area contributed by atoms with Crippen LogP contribution in [0.15, 0.2) is 34.9 Å². The fourth-order valence-corrected chi connectivity index (χ4v) is 1.92. The largest absolute Gasteiger partial charge is 0.466 e. The summed E-state index contributed by atoms with van der Waals surface area (Å²) >= 11 is 0. The SMILES string of the molecule is Cc1cc(F)ccc1CC(O)c1occc1C. The summed E-state index contributed by atoms with van der Waals surface area (Å²) in [6.45, 7) is 3.72. The second-order valence-corrected chi connectivity index (χ2v) is 4.26. The van der Waals surface area contributed by atoms with Crippen LogP contribution in [0.5, 0.6) is 0 Å². The second kappa shape index (κ2) is 4.72. The summed E-state index contributed by atoms with van der Waals surface area (Å²) < 4.78 is 18.2. The van der Waals surface area contributed by atoms with E-state index in [0.717, 1.165) is 16.7 Å². The van der Waals surface area contributed by atoms with Crippen molar-refractivity contribution in [2.75, 3.05) is 0 Å². The van der Waals surface area contributed by atoms with Gasteiger partial charge in [0, 0.05) is 6.42 Å². The predicted octanol–water partition coefficient (Wildman–Crippen LogP) is 3.31. The van der Waals surface area contributed by atoms with Gasteiger partial charge < -0.3 is 9.52 Å². The molecule has 0 amide bonds. The highest BCUT2D eigenvalue weighted by Crippen LogP contribution is 2.24. The number of furan rings is 1. The zero-order valence-corrected chi connectivity index (χ0v) is 9.90. The lowest BCUT2D eigenvalue weighted by Gasteiger charge is -2.11. The zero-order chi connectivity index (χ0) is 12.4. The van der Waals surface area contributed by atoms with E-state index in [2.05, 4.69) is 0 Å². The second-order valence-electron chi connectivity index (χ2n) is 4.26. The van der Waals surface area contributed by atoms with E-state index in [1.165, 1.54) is 12.1 Å². The topological polar surface area (TPSA) is 33.4 Å². The van der Waals surface area contributed by atoms with Crippen LogP contribution in [0.3, 0.4) is 0 Å². The van der Waals surface area contributed by atoms with Crippen molar-refractivity contribution >= 4 is 0 Å². The van der Waals surface area contributed by atoms with Gasteiger partial charge in [0.2, 0.25) is 0 Å². The molecule has 0 spiro atoms. The molecule has 0 saturated carbocycles. The molecule has 3 heteroatoms. The van der Waals surface area contributed by atoms with E-state index in [4.69, 9.17) is 4.42 Å². The Morgan fingerprint density at radius 1 is 1.24 bits per heavy atom. The molecule has 0 bridgehead atoms. The minimum atomic E-state index is -0.686. The third-order valence-corrected chi connectivity index (χ3v) is 2.92. The molecule has 2 nitrogen and oxygen atoms in total. The number of halogens is 1. The maximum atomic E-state index is 12.9. The predicted molar refractivity (Wildman–Crippen MR) is 63.2 cm³/mol. The molecule has 1 aromatic carbocycles. The quantitative estimate of drug-likeness (QED) is 0.883. The number of benzene rings is 1. The molecule has 17 heavy (non-hydrogen) atoms. The Morgan fingerprint density at radius 2 is 2.00 bits per heavy atom. The minimum absolute atomic E-state index is 0.255. The maximum absolute atomic E-state index is 12.9. The van der Waals surface area contributed by atoms with Gasteiger partial charge >= 0.3 is 0 Å². The van der Waals surface area contributed by atoms with Gasteiger partial charge in [-0.05, 0) is 48.7 Å². The summed E-state index contributed by atoms with van der Waals surface area (Å²) in [4.78, 5) is 0. The van der Waals surface area contributed by atoms with Crippen LogP contribution < -0.4 is 0 Å². The molecule has 1 atom stereocenters. The molecule has 1 heterocycles. The first-order valence-electron chi connectivity index (χ1n) is 5.55. The van der Waals surface area contributed by atoms with E-state index >= 15 is 0 Å². The lowest BCUT2D eigenvalue weighted by atomic mass is 10.0. The first-order valence-corrected chi connectivity index (χ1v) is 5.55. The molecule has 1 aromatic heterocycles. The molecule has 2 aromatic rings. The Balaban J connectivity index is 2.19. The summed E-state index contributed by atoms with van der Waals surface area (Å²) in [5, 5.41) is 10.0. The van der Waals surface area contributed by atoms with Gasteiger partial charge in [0.05, 0.1) is 6.26 Å². The van der Waals surface area contributed by atoms with Crippen LogP contribution in [0.2, 0.25) is 0 Å². The van der Waals surface area contributed by atoms with Crippen molar-refractivity contribution in [3.63, 3.8) is 0 Å². The van der Waals surface area contributed by atoms with Gasteiger partial charge in [0.1, 0.15) is 17.7 Å². The highest BCUT2D eigenvalue weighted by atomic mass is 19.1. The first kappa shape index (κ1) is 11.9. The lowest BCUT2D eigenvalue weighted by molar-refractivity contribution is 0.149. The van der Waals surface area contributed by atoms with Crippen molar-refractivity contribution in [1.82, 2.24) is 0 Å². The summed E-state index contributed by atoms with van der Waals surface area (Å²) in [6, 6.07) is 6.39. The molecule has 1 N–H and O–H groups in total. The monoisotopic (exact) mass is 234 g/mol. The third kappa shape index (κ3) is 2.56. The third-order valence-electron chi connectivity index (χ3n) is 2.92. The summed E-state index contributed by atoms with van der Waals surface area (Å²) in [5.41, 5.74) is 2.69. The Morgan fingerprint density at radius 3 is 2.59 bits per heavy atom. The van der Waals surface area contributed by atoms with Crippen LogP contribution in [0.4, 0.5) is 4.39 Å². The van der Waals surface area contributed by atoms with Crippen molar-refractivity contribution in [3.05, 3.63) is 58.8 Å². The Hall–Kier alpha value is -1.61. The molecule has 0 aliphatic carbocycles. The number of aliphatic hydroxyl groups is 1. The number of hydrogen-bond donors (Lipinski definition) is 1. The molecule has 2 rings (SSSR count). The molecule has 0 aliphatic heterocycles. The summed E-state index contributed by atoms with van der Waals surface area (Å²) in [7, 11) is 0. The van der Waals surface area contributed by atoms with E-state index in [-0.39, 0.29) is 5.82 Å². The molecule has 1 unspecified atom stereocenters. The van der Waals surface area contributed by atoms with Crippen molar-refractivity contribution in [2.24, 2.45) is 0 Å². The number of hydrogen-bond acceptors (Lipinski definition) is 2. The van der Waals surface area contributed by atoms with Crippen LogP contribution >= 0.6 is 0 Å². The van der Waals surface area contributed by atoms with Gasteiger partial charge in [0.15, 0.2) is 0 Å². The van der Waals surface area contributed by atoms with Gasteiger partial charge in [-0.1, -0.05) is 6.07 Å². The fourth-order valence-electron chi connectivity index (χ4n) is 1.92. The van der Waals surface area contributed by atoms with Crippen LogP contribution in [0.25, 0.3) is 0 Å². The van der Waals surface area contributed by atoms with Gasteiger partial charge in [0.25, 0.3) is 0 Å². The summed E-state index contributed by atoms with van der Waals surface area (Å²) in [6.07, 6.45) is 1.31. The first-order chi connectivity index (χ1) is 8.08. The van der Waals surface area contributed by atoms with Crippen LogP contribution in [-0.2, 0) is 6.42 Å². The van der Waals surface area contributed by atoms with Gasteiger partial charge in [-0.3, -0.25) is 0 Å². The van der Waals surface area contributed by atoms with Gasteiger partial charge in [-0.25, -0.2) is 4.39 Å². The highest BCUT2D eigenvalue weighted by molar-refractivity contribution is 5.28. The van der Waals surface area contributed by atoms with Gasteiger partial charge in [-0.15, -0.1) is 0 Å². The molecular formula is C14H15FO2. The van der Waals surface area contributed by atoms with E-state index < -0.39 is 6.10 Å². The number of aliphatic hydroxyl groups excluding tert-OH is 1.